The number of hydrogen-bond acceptors (Lipinski definition) is 3. The first kappa shape index (κ1) is 18.1. The average Bonchev–Trinajstić information content (AvgIpc) is 2.55. The molecule has 6 heteroatoms. The molecule has 2 aromatic rings. The number of nitrogens with one attached hydrogen (secondary N) is 1. The van der Waals surface area contributed by atoms with Gasteiger partial charge in [-0.2, -0.15) is 0 Å². The molecule has 0 saturated heterocycles. The number of benzene rings is 2. The van der Waals surface area contributed by atoms with Crippen LogP contribution in [0.15, 0.2) is 46.9 Å². The summed E-state index contributed by atoms with van der Waals surface area (Å²) in [5.74, 6) is -1.39. The van der Waals surface area contributed by atoms with E-state index in [1.165, 1.54) is 12.1 Å². The van der Waals surface area contributed by atoms with Crippen LogP contribution in [0.5, 0.6) is 0 Å². The Labute approximate surface area is 148 Å². The van der Waals surface area contributed by atoms with Crippen LogP contribution in [0.4, 0.5) is 10.1 Å². The number of carbonyl (C=O) groups is 2. The van der Waals surface area contributed by atoms with Gasteiger partial charge in [0, 0.05) is 10.2 Å². The van der Waals surface area contributed by atoms with Gasteiger partial charge >= 0.3 is 5.97 Å². The molecular formula is C18H17BrFNO3. The van der Waals surface area contributed by atoms with Crippen molar-refractivity contribution >= 4 is 33.5 Å². The Kier molecular flexibility index (Phi) is 6.09. The Balaban J connectivity index is 1.90. The lowest BCUT2D eigenvalue weighted by Crippen LogP contribution is -2.21. The zero-order valence-corrected chi connectivity index (χ0v) is 14.9. The first-order valence-electron chi connectivity index (χ1n) is 7.39. The molecule has 2 rings (SSSR count). The molecule has 2 aromatic carbocycles. The summed E-state index contributed by atoms with van der Waals surface area (Å²) in [6, 6.07) is 11.1. The summed E-state index contributed by atoms with van der Waals surface area (Å²) in [5.41, 5.74) is 1.81. The zero-order valence-electron chi connectivity index (χ0n) is 13.3. The number of anilines is 1. The molecule has 0 spiro atoms. The lowest BCUT2D eigenvalue weighted by Gasteiger charge is -2.09. The van der Waals surface area contributed by atoms with Crippen LogP contribution in [0.1, 0.15) is 35.7 Å². The van der Waals surface area contributed by atoms with Crippen molar-refractivity contribution in [1.82, 2.24) is 0 Å². The molecule has 0 aliphatic rings. The number of rotatable bonds is 5. The molecule has 4 nitrogen and oxygen atoms in total. The first-order valence-corrected chi connectivity index (χ1v) is 8.18. The van der Waals surface area contributed by atoms with E-state index in [1.54, 1.807) is 12.1 Å². The second-order valence-electron chi connectivity index (χ2n) is 5.53. The lowest BCUT2D eigenvalue weighted by molar-refractivity contribution is -0.119. The Morgan fingerprint density at radius 2 is 1.83 bits per heavy atom. The summed E-state index contributed by atoms with van der Waals surface area (Å²) in [5, 5.41) is 2.64. The normalized spacial score (nSPS) is 10.5. The van der Waals surface area contributed by atoms with E-state index in [0.29, 0.717) is 16.1 Å². The topological polar surface area (TPSA) is 55.4 Å². The summed E-state index contributed by atoms with van der Waals surface area (Å²) < 4.78 is 18.5. The van der Waals surface area contributed by atoms with Gasteiger partial charge in [-0.05, 0) is 57.7 Å². The van der Waals surface area contributed by atoms with Crippen LogP contribution in [0.3, 0.4) is 0 Å². The predicted molar refractivity (Wildman–Crippen MR) is 93.5 cm³/mol. The molecule has 0 fully saturated rings. The highest BCUT2D eigenvalue weighted by molar-refractivity contribution is 9.10. The SMILES string of the molecule is CC(C)c1ccc(NC(=O)COC(=O)c2cc(F)ccc2Br)cc1. The quantitative estimate of drug-likeness (QED) is 0.760. The number of ether oxygens (including phenoxy) is 1. The monoisotopic (exact) mass is 393 g/mol. The largest absolute Gasteiger partial charge is 0.452 e. The van der Waals surface area contributed by atoms with Crippen LogP contribution in [0, 0.1) is 5.82 Å². The maximum absolute atomic E-state index is 13.2. The Morgan fingerprint density at radius 1 is 1.17 bits per heavy atom. The lowest BCUT2D eigenvalue weighted by atomic mass is 10.0. The molecule has 1 amide bonds. The van der Waals surface area contributed by atoms with Gasteiger partial charge < -0.3 is 10.1 Å². The van der Waals surface area contributed by atoms with Gasteiger partial charge in [0.1, 0.15) is 5.82 Å². The highest BCUT2D eigenvalue weighted by atomic mass is 79.9. The van der Waals surface area contributed by atoms with Crippen LogP contribution in [0.2, 0.25) is 0 Å². The van der Waals surface area contributed by atoms with Gasteiger partial charge in [0.2, 0.25) is 0 Å². The highest BCUT2D eigenvalue weighted by Crippen LogP contribution is 2.19. The Bertz CT molecular complexity index is 744. The Morgan fingerprint density at radius 3 is 2.46 bits per heavy atom. The predicted octanol–water partition coefficient (Wildman–Crippen LogP) is 4.51. The minimum atomic E-state index is -0.772. The van der Waals surface area contributed by atoms with Gasteiger partial charge in [0.15, 0.2) is 6.61 Å². The van der Waals surface area contributed by atoms with E-state index in [-0.39, 0.29) is 5.56 Å². The molecule has 0 radical (unpaired) electrons. The van der Waals surface area contributed by atoms with E-state index < -0.39 is 24.3 Å². The van der Waals surface area contributed by atoms with Crippen molar-refractivity contribution in [3.8, 4) is 0 Å². The summed E-state index contributed by atoms with van der Waals surface area (Å²) in [4.78, 5) is 23.7. The molecule has 0 aliphatic heterocycles. The molecular weight excluding hydrogens is 377 g/mol. The second kappa shape index (κ2) is 8.06. The van der Waals surface area contributed by atoms with Crippen LogP contribution in [-0.4, -0.2) is 18.5 Å². The van der Waals surface area contributed by atoms with E-state index >= 15 is 0 Å². The fourth-order valence-corrected chi connectivity index (χ4v) is 2.42. The van der Waals surface area contributed by atoms with E-state index in [4.69, 9.17) is 4.74 Å². The summed E-state index contributed by atoms with van der Waals surface area (Å²) in [7, 11) is 0. The van der Waals surface area contributed by atoms with Crippen molar-refractivity contribution < 1.29 is 18.7 Å². The van der Waals surface area contributed by atoms with E-state index in [2.05, 4.69) is 35.1 Å². The standard InChI is InChI=1S/C18H17BrFNO3/c1-11(2)12-3-6-14(7-4-12)21-17(22)10-24-18(23)15-9-13(20)5-8-16(15)19/h3-9,11H,10H2,1-2H3,(H,21,22). The van der Waals surface area contributed by atoms with E-state index in [1.807, 2.05) is 12.1 Å². The maximum atomic E-state index is 13.2. The minimum Gasteiger partial charge on any atom is -0.452 e. The van der Waals surface area contributed by atoms with Crippen molar-refractivity contribution in [3.63, 3.8) is 0 Å². The molecule has 126 valence electrons. The highest BCUT2D eigenvalue weighted by Gasteiger charge is 2.14. The molecule has 0 unspecified atom stereocenters. The molecule has 24 heavy (non-hydrogen) atoms. The molecule has 1 N–H and O–H groups in total. The summed E-state index contributed by atoms with van der Waals surface area (Å²) in [6.07, 6.45) is 0. The number of halogens is 2. The van der Waals surface area contributed by atoms with Crippen LogP contribution in [-0.2, 0) is 9.53 Å². The third-order valence-corrected chi connectivity index (χ3v) is 4.04. The molecule has 0 atom stereocenters. The second-order valence-corrected chi connectivity index (χ2v) is 6.38. The van der Waals surface area contributed by atoms with Gasteiger partial charge in [-0.25, -0.2) is 9.18 Å². The van der Waals surface area contributed by atoms with Crippen molar-refractivity contribution in [2.45, 2.75) is 19.8 Å². The summed E-state index contributed by atoms with van der Waals surface area (Å²) >= 11 is 3.14. The Hall–Kier alpha value is -2.21. The van der Waals surface area contributed by atoms with Crippen LogP contribution in [0.25, 0.3) is 0 Å². The maximum Gasteiger partial charge on any atom is 0.339 e. The van der Waals surface area contributed by atoms with Gasteiger partial charge in [-0.1, -0.05) is 26.0 Å². The zero-order chi connectivity index (χ0) is 17.7. The van der Waals surface area contributed by atoms with Crippen molar-refractivity contribution in [3.05, 3.63) is 63.9 Å². The number of hydrogen-bond donors (Lipinski definition) is 1. The van der Waals surface area contributed by atoms with Crippen molar-refractivity contribution in [2.24, 2.45) is 0 Å². The molecule has 0 heterocycles. The van der Waals surface area contributed by atoms with Crippen molar-refractivity contribution in [1.29, 1.82) is 0 Å². The average molecular weight is 394 g/mol. The fraction of sp³-hybridized carbons (Fsp3) is 0.222. The third-order valence-electron chi connectivity index (χ3n) is 3.34. The number of carbonyl (C=O) groups excluding carboxylic acids is 2. The van der Waals surface area contributed by atoms with E-state index in [0.717, 1.165) is 11.6 Å². The van der Waals surface area contributed by atoms with Gasteiger partial charge in [0.05, 0.1) is 5.56 Å². The van der Waals surface area contributed by atoms with Crippen LogP contribution < -0.4 is 5.32 Å². The number of esters is 1. The molecule has 0 aromatic heterocycles. The fourth-order valence-electron chi connectivity index (χ4n) is 2.01. The third kappa shape index (κ3) is 4.89. The molecule has 0 bridgehead atoms. The van der Waals surface area contributed by atoms with Crippen LogP contribution >= 0.6 is 15.9 Å². The molecule has 0 aliphatic carbocycles. The number of amides is 1. The smallest absolute Gasteiger partial charge is 0.339 e. The van der Waals surface area contributed by atoms with E-state index in [9.17, 15) is 14.0 Å². The first-order chi connectivity index (χ1) is 11.4. The van der Waals surface area contributed by atoms with Crippen molar-refractivity contribution in [2.75, 3.05) is 11.9 Å². The van der Waals surface area contributed by atoms with Gasteiger partial charge in [0.25, 0.3) is 5.91 Å². The van der Waals surface area contributed by atoms with Gasteiger partial charge in [-0.3, -0.25) is 4.79 Å². The van der Waals surface area contributed by atoms with Gasteiger partial charge in [-0.15, -0.1) is 0 Å². The summed E-state index contributed by atoms with van der Waals surface area (Å²) in [6.45, 7) is 3.71. The molecule has 0 saturated carbocycles. The minimum absolute atomic E-state index is 0.0316.